The van der Waals surface area contributed by atoms with Gasteiger partial charge in [0.1, 0.15) is 17.3 Å². The summed E-state index contributed by atoms with van der Waals surface area (Å²) in [6, 6.07) is 10.9. The van der Waals surface area contributed by atoms with Crippen LogP contribution < -0.4 is 9.64 Å². The van der Waals surface area contributed by atoms with Crippen LogP contribution >= 0.6 is 22.9 Å². The zero-order valence-corrected chi connectivity index (χ0v) is 21.6. The van der Waals surface area contributed by atoms with Gasteiger partial charge >= 0.3 is 0 Å². The van der Waals surface area contributed by atoms with Gasteiger partial charge in [-0.2, -0.15) is 4.31 Å². The number of carbonyl (C=O) groups is 1. The Morgan fingerprint density at radius 3 is 2.74 bits per heavy atom. The molecular weight excluding hydrogens is 510 g/mol. The van der Waals surface area contributed by atoms with Crippen molar-refractivity contribution in [2.75, 3.05) is 31.7 Å². The van der Waals surface area contributed by atoms with Crippen molar-refractivity contribution >= 4 is 54.2 Å². The summed E-state index contributed by atoms with van der Waals surface area (Å²) < 4.78 is 40.4. The zero-order chi connectivity index (χ0) is 24.6. The second kappa shape index (κ2) is 10.0. The van der Waals surface area contributed by atoms with Gasteiger partial charge in [0.25, 0.3) is 0 Å². The van der Waals surface area contributed by atoms with Crippen molar-refractivity contribution in [3.05, 3.63) is 47.5 Å². The summed E-state index contributed by atoms with van der Waals surface area (Å²) in [4.78, 5) is 20.5. The quantitative estimate of drug-likeness (QED) is 0.447. The molecule has 186 valence electrons. The third-order valence-corrected chi connectivity index (χ3v) is 9.62. The number of para-hydroxylation sites is 1. The topological polar surface area (TPSA) is 89.0 Å². The van der Waals surface area contributed by atoms with E-state index in [9.17, 15) is 13.2 Å². The summed E-state index contributed by atoms with van der Waals surface area (Å²) in [5.74, 6) is 0.343. The normalized spacial score (nSPS) is 21.0. The first kappa shape index (κ1) is 24.5. The van der Waals surface area contributed by atoms with E-state index in [1.807, 2.05) is 18.2 Å². The predicted molar refractivity (Wildman–Crippen MR) is 136 cm³/mol. The van der Waals surface area contributed by atoms with Gasteiger partial charge in [0.2, 0.25) is 15.9 Å². The predicted octanol–water partition coefficient (Wildman–Crippen LogP) is 4.32. The number of sulfonamides is 1. The Kier molecular flexibility index (Phi) is 7.00. The lowest BCUT2D eigenvalue weighted by molar-refractivity contribution is -0.122. The van der Waals surface area contributed by atoms with Crippen molar-refractivity contribution in [1.82, 2.24) is 9.29 Å². The zero-order valence-electron chi connectivity index (χ0n) is 19.2. The van der Waals surface area contributed by atoms with E-state index in [4.69, 9.17) is 26.1 Å². The summed E-state index contributed by atoms with van der Waals surface area (Å²) >= 11 is 7.34. The lowest BCUT2D eigenvalue weighted by Crippen LogP contribution is -2.49. The molecule has 35 heavy (non-hydrogen) atoms. The van der Waals surface area contributed by atoms with Gasteiger partial charge in [0, 0.05) is 18.2 Å². The molecule has 11 heteroatoms. The molecule has 0 aliphatic carbocycles. The van der Waals surface area contributed by atoms with E-state index in [0.717, 1.165) is 17.5 Å². The smallest absolute Gasteiger partial charge is 0.247 e. The molecule has 8 nitrogen and oxygen atoms in total. The highest BCUT2D eigenvalue weighted by Crippen LogP contribution is 2.36. The summed E-state index contributed by atoms with van der Waals surface area (Å²) in [6.07, 6.45) is 2.71. The summed E-state index contributed by atoms with van der Waals surface area (Å²) in [6.45, 7) is 1.26. The van der Waals surface area contributed by atoms with Crippen LogP contribution in [-0.4, -0.2) is 62.6 Å². The molecule has 0 saturated carbocycles. The van der Waals surface area contributed by atoms with Gasteiger partial charge in [-0.25, -0.2) is 13.4 Å². The number of ether oxygens (including phenoxy) is 2. The molecule has 2 aromatic carbocycles. The van der Waals surface area contributed by atoms with Crippen molar-refractivity contribution in [3.8, 4) is 5.75 Å². The van der Waals surface area contributed by atoms with E-state index in [2.05, 4.69) is 0 Å². The molecule has 0 spiro atoms. The second-order valence-electron chi connectivity index (χ2n) is 8.62. The summed E-state index contributed by atoms with van der Waals surface area (Å²) in [5.41, 5.74) is 0.678. The molecule has 2 aliphatic rings. The molecule has 0 radical (unpaired) electrons. The molecule has 2 fully saturated rings. The molecule has 1 amide bonds. The highest BCUT2D eigenvalue weighted by molar-refractivity contribution is 7.89. The fraction of sp³-hybridized carbons (Fsp3) is 0.417. The Bertz CT molecular complexity index is 1320. The maximum atomic E-state index is 14.0. The monoisotopic (exact) mass is 535 g/mol. The van der Waals surface area contributed by atoms with Crippen molar-refractivity contribution in [1.29, 1.82) is 0 Å². The number of halogens is 1. The van der Waals surface area contributed by atoms with Crippen molar-refractivity contribution < 1.29 is 22.7 Å². The maximum Gasteiger partial charge on any atom is 0.247 e. The third kappa shape index (κ3) is 4.77. The Labute approximate surface area is 213 Å². The number of benzene rings is 2. The average Bonchev–Trinajstić information content (AvgIpc) is 3.62. The number of fused-ring (bicyclic) bond motifs is 1. The van der Waals surface area contributed by atoms with Crippen molar-refractivity contribution in [3.63, 3.8) is 0 Å². The van der Waals surface area contributed by atoms with Crippen LogP contribution in [0.25, 0.3) is 10.2 Å². The van der Waals surface area contributed by atoms with Crippen LogP contribution in [0.15, 0.2) is 47.4 Å². The molecule has 3 aromatic rings. The van der Waals surface area contributed by atoms with Gasteiger partial charge in [0.15, 0.2) is 5.13 Å². The van der Waals surface area contributed by atoms with Crippen LogP contribution in [0.2, 0.25) is 5.02 Å². The van der Waals surface area contributed by atoms with E-state index >= 15 is 0 Å². The number of hydrogen-bond donors (Lipinski definition) is 0. The number of aromatic nitrogens is 1. The van der Waals surface area contributed by atoms with Gasteiger partial charge in [-0.1, -0.05) is 29.0 Å². The number of hydrogen-bond acceptors (Lipinski definition) is 7. The Balaban J connectivity index is 1.50. The molecule has 2 unspecified atom stereocenters. The molecule has 0 N–H and O–H groups in total. The molecule has 5 rings (SSSR count). The Hall–Kier alpha value is -2.24. The van der Waals surface area contributed by atoms with Gasteiger partial charge in [-0.05, 0) is 62.1 Å². The largest absolute Gasteiger partial charge is 0.494 e. The number of thiazole rings is 1. The highest BCUT2D eigenvalue weighted by atomic mass is 35.5. The summed E-state index contributed by atoms with van der Waals surface area (Å²) in [7, 11) is -2.28. The van der Waals surface area contributed by atoms with E-state index in [1.165, 1.54) is 27.8 Å². The van der Waals surface area contributed by atoms with E-state index in [1.54, 1.807) is 24.1 Å². The van der Waals surface area contributed by atoms with Crippen LogP contribution in [0.3, 0.4) is 0 Å². The molecule has 3 heterocycles. The van der Waals surface area contributed by atoms with E-state index < -0.39 is 16.1 Å². The SMILES string of the molecule is COc1cccc2sc(N(CC3CCCO3)C(=O)C3CCCN3S(=O)(=O)c3ccc(Cl)cc3)nc12. The molecular formula is C24H26ClN3O5S2. The minimum absolute atomic E-state index is 0.115. The van der Waals surface area contributed by atoms with E-state index in [-0.39, 0.29) is 23.5 Å². The second-order valence-corrected chi connectivity index (χ2v) is 12.0. The molecule has 2 atom stereocenters. The number of carbonyl (C=O) groups excluding carboxylic acids is 1. The number of methoxy groups -OCH3 is 1. The minimum Gasteiger partial charge on any atom is -0.494 e. The lowest BCUT2D eigenvalue weighted by atomic mass is 10.2. The first-order valence-corrected chi connectivity index (χ1v) is 14.2. The van der Waals surface area contributed by atoms with E-state index in [0.29, 0.717) is 47.4 Å². The van der Waals surface area contributed by atoms with Crippen LogP contribution in [0, 0.1) is 0 Å². The van der Waals surface area contributed by atoms with Gasteiger partial charge in [-0.15, -0.1) is 0 Å². The van der Waals surface area contributed by atoms with Gasteiger partial charge in [0.05, 0.1) is 29.4 Å². The van der Waals surface area contributed by atoms with Crippen LogP contribution in [0.5, 0.6) is 5.75 Å². The average molecular weight is 536 g/mol. The standard InChI is InChI=1S/C24H26ClN3O5S2/c1-32-20-7-2-8-21-22(20)26-24(34-21)27(15-17-5-4-14-33-17)23(29)19-6-3-13-28(19)35(30,31)18-11-9-16(25)10-12-18/h2,7-12,17,19H,3-6,13-15H2,1H3. The van der Waals surface area contributed by atoms with Gasteiger partial charge < -0.3 is 9.47 Å². The number of amides is 1. The first-order valence-electron chi connectivity index (χ1n) is 11.5. The molecule has 2 aliphatic heterocycles. The van der Waals surface area contributed by atoms with Crippen LogP contribution in [-0.2, 0) is 19.6 Å². The maximum absolute atomic E-state index is 14.0. The summed E-state index contributed by atoms with van der Waals surface area (Å²) in [5, 5.41) is 0.966. The minimum atomic E-state index is -3.87. The third-order valence-electron chi connectivity index (χ3n) is 6.41. The van der Waals surface area contributed by atoms with Crippen molar-refractivity contribution in [2.24, 2.45) is 0 Å². The van der Waals surface area contributed by atoms with Crippen LogP contribution in [0.1, 0.15) is 25.7 Å². The molecule has 0 bridgehead atoms. The van der Waals surface area contributed by atoms with Gasteiger partial charge in [-0.3, -0.25) is 9.69 Å². The fourth-order valence-electron chi connectivity index (χ4n) is 4.64. The highest BCUT2D eigenvalue weighted by Gasteiger charge is 2.42. The lowest BCUT2D eigenvalue weighted by Gasteiger charge is -2.29. The molecule has 2 saturated heterocycles. The number of anilines is 1. The van der Waals surface area contributed by atoms with Crippen molar-refractivity contribution in [2.45, 2.75) is 42.7 Å². The van der Waals surface area contributed by atoms with Crippen LogP contribution in [0.4, 0.5) is 5.13 Å². The number of nitrogens with zero attached hydrogens (tertiary/aromatic N) is 3. The first-order chi connectivity index (χ1) is 16.9. The fourth-order valence-corrected chi connectivity index (χ4v) is 7.42. The molecule has 1 aromatic heterocycles. The number of rotatable bonds is 7. The Morgan fingerprint density at radius 1 is 1.23 bits per heavy atom. The Morgan fingerprint density at radius 2 is 2.03 bits per heavy atom.